The van der Waals surface area contributed by atoms with E-state index in [1.807, 2.05) is 53.4 Å². The van der Waals surface area contributed by atoms with Crippen molar-refractivity contribution in [1.29, 1.82) is 0 Å². The van der Waals surface area contributed by atoms with Gasteiger partial charge in [-0.15, -0.1) is 0 Å². The quantitative estimate of drug-likeness (QED) is 0.275. The van der Waals surface area contributed by atoms with Crippen LogP contribution in [-0.2, 0) is 19.1 Å². The van der Waals surface area contributed by atoms with E-state index in [-0.39, 0.29) is 36.0 Å². The minimum Gasteiger partial charge on any atom is -0.368 e. The largest absolute Gasteiger partial charge is 0.368 e. The third kappa shape index (κ3) is 5.98. The molecule has 0 bridgehead atoms. The van der Waals surface area contributed by atoms with Crippen LogP contribution in [0, 0.1) is 5.92 Å². The number of imidazole rings is 1. The lowest BCUT2D eigenvalue weighted by Gasteiger charge is -2.30. The number of H-pyrrole nitrogens is 1. The van der Waals surface area contributed by atoms with E-state index >= 15 is 0 Å². The SMILES string of the molecule is O=C(N[C@@H](C(=O)N1CCC[C@H]1c1ncc(C2COC(c3ccc(-c4ccccc4)cc3)CO2)[nH]1)c1ccccc1)C1CC1. The second kappa shape index (κ2) is 12.1. The average Bonchev–Trinajstić information content (AvgIpc) is 3.60. The van der Waals surface area contributed by atoms with Gasteiger partial charge in [0.2, 0.25) is 11.8 Å². The Morgan fingerprint density at radius 3 is 2.21 bits per heavy atom. The van der Waals surface area contributed by atoms with E-state index in [4.69, 9.17) is 9.47 Å². The summed E-state index contributed by atoms with van der Waals surface area (Å²) in [5.41, 5.74) is 5.08. The molecular weight excluding hydrogens is 540 g/mol. The van der Waals surface area contributed by atoms with Crippen molar-refractivity contribution < 1.29 is 19.1 Å². The Labute approximate surface area is 251 Å². The van der Waals surface area contributed by atoms with E-state index in [1.165, 1.54) is 11.1 Å². The molecule has 0 radical (unpaired) electrons. The van der Waals surface area contributed by atoms with Crippen molar-refractivity contribution in [2.24, 2.45) is 5.92 Å². The molecule has 1 aromatic heterocycles. The number of aromatic nitrogens is 2. The van der Waals surface area contributed by atoms with Gasteiger partial charge in [0.25, 0.3) is 0 Å². The zero-order valence-electron chi connectivity index (χ0n) is 24.0. The third-order valence-electron chi connectivity index (χ3n) is 8.72. The maximum Gasteiger partial charge on any atom is 0.250 e. The highest BCUT2D eigenvalue weighted by molar-refractivity contribution is 5.90. The molecule has 2 aliphatic heterocycles. The number of hydrogen-bond donors (Lipinski definition) is 2. The molecule has 3 heterocycles. The van der Waals surface area contributed by atoms with E-state index in [1.54, 1.807) is 6.20 Å². The summed E-state index contributed by atoms with van der Waals surface area (Å²) in [4.78, 5) is 36.6. The van der Waals surface area contributed by atoms with Crippen LogP contribution in [0.1, 0.15) is 72.6 Å². The molecule has 2 unspecified atom stereocenters. The van der Waals surface area contributed by atoms with Crippen LogP contribution in [0.3, 0.4) is 0 Å². The van der Waals surface area contributed by atoms with Crippen molar-refractivity contribution in [1.82, 2.24) is 20.2 Å². The number of ether oxygens (including phenoxy) is 2. The van der Waals surface area contributed by atoms with E-state index in [9.17, 15) is 9.59 Å². The lowest BCUT2D eigenvalue weighted by atomic mass is 10.0. The lowest BCUT2D eigenvalue weighted by molar-refractivity contribution is -0.139. The number of hydrogen-bond acceptors (Lipinski definition) is 5. The van der Waals surface area contributed by atoms with Gasteiger partial charge in [-0.2, -0.15) is 0 Å². The molecule has 1 saturated carbocycles. The summed E-state index contributed by atoms with van der Waals surface area (Å²) in [6.07, 6.45) is 4.85. The van der Waals surface area contributed by atoms with Crippen molar-refractivity contribution >= 4 is 11.8 Å². The van der Waals surface area contributed by atoms with Gasteiger partial charge in [-0.05, 0) is 47.9 Å². The molecule has 1 aliphatic carbocycles. The molecule has 3 fully saturated rings. The molecule has 3 aromatic carbocycles. The van der Waals surface area contributed by atoms with Gasteiger partial charge in [0.1, 0.15) is 24.1 Å². The second-order valence-corrected chi connectivity index (χ2v) is 11.7. The molecule has 2 amide bonds. The van der Waals surface area contributed by atoms with Crippen LogP contribution in [0.2, 0.25) is 0 Å². The molecule has 43 heavy (non-hydrogen) atoms. The molecule has 3 aliphatic rings. The van der Waals surface area contributed by atoms with Gasteiger partial charge < -0.3 is 24.7 Å². The number of benzene rings is 3. The van der Waals surface area contributed by atoms with Crippen LogP contribution in [0.5, 0.6) is 0 Å². The predicted octanol–water partition coefficient (Wildman–Crippen LogP) is 5.84. The van der Waals surface area contributed by atoms with Crippen molar-refractivity contribution in [2.45, 2.75) is 50.0 Å². The average molecular weight is 577 g/mol. The van der Waals surface area contributed by atoms with E-state index in [0.29, 0.717) is 19.8 Å². The highest BCUT2D eigenvalue weighted by atomic mass is 16.6. The Kier molecular flexibility index (Phi) is 7.79. The smallest absolute Gasteiger partial charge is 0.250 e. The number of nitrogens with zero attached hydrogens (tertiary/aromatic N) is 2. The summed E-state index contributed by atoms with van der Waals surface area (Å²) >= 11 is 0. The molecule has 4 aromatic rings. The normalized spacial score (nSPS) is 22.7. The Morgan fingerprint density at radius 2 is 1.51 bits per heavy atom. The van der Waals surface area contributed by atoms with E-state index in [0.717, 1.165) is 48.3 Å². The van der Waals surface area contributed by atoms with Gasteiger partial charge in [0.15, 0.2) is 0 Å². The Balaban J connectivity index is 1.00. The van der Waals surface area contributed by atoms with Gasteiger partial charge in [-0.3, -0.25) is 9.59 Å². The fourth-order valence-corrected chi connectivity index (χ4v) is 6.10. The molecular formula is C35H36N4O4. The molecule has 0 spiro atoms. The van der Waals surface area contributed by atoms with Crippen LogP contribution < -0.4 is 5.32 Å². The summed E-state index contributed by atoms with van der Waals surface area (Å²) in [6.45, 7) is 1.47. The number of amides is 2. The summed E-state index contributed by atoms with van der Waals surface area (Å²) in [6, 6.07) is 27.4. The minimum absolute atomic E-state index is 0.0204. The predicted molar refractivity (Wildman–Crippen MR) is 162 cm³/mol. The molecule has 8 heteroatoms. The highest BCUT2D eigenvalue weighted by Crippen LogP contribution is 2.36. The summed E-state index contributed by atoms with van der Waals surface area (Å²) in [5, 5.41) is 3.03. The first kappa shape index (κ1) is 27.6. The summed E-state index contributed by atoms with van der Waals surface area (Å²) in [7, 11) is 0. The van der Waals surface area contributed by atoms with Gasteiger partial charge in [-0.1, -0.05) is 84.9 Å². The standard InChI is InChI=1S/C35H36N4O4/c40-34(27-17-18-27)38-32(26-10-5-2-6-11-26)35(41)39-19-7-12-29(39)33-36-20-28(37-33)31-22-42-30(21-43-31)25-15-13-24(14-16-25)23-8-3-1-4-9-23/h1-6,8-11,13-16,20,27,29-32H,7,12,17-19,21-22H2,(H,36,37)(H,38,40)/t29-,30?,31?,32+/m0/s1. The molecule has 2 N–H and O–H groups in total. The van der Waals surface area contributed by atoms with Crippen LogP contribution in [0.15, 0.2) is 91.1 Å². The highest BCUT2D eigenvalue weighted by Gasteiger charge is 2.39. The fraction of sp³-hybridized carbons (Fsp3) is 0.343. The molecule has 7 rings (SSSR count). The number of carbonyl (C=O) groups is 2. The van der Waals surface area contributed by atoms with Crippen molar-refractivity contribution in [3.8, 4) is 11.1 Å². The van der Waals surface area contributed by atoms with Crippen molar-refractivity contribution in [3.05, 3.63) is 114 Å². The van der Waals surface area contributed by atoms with Crippen molar-refractivity contribution in [2.75, 3.05) is 19.8 Å². The second-order valence-electron chi connectivity index (χ2n) is 11.7. The zero-order valence-corrected chi connectivity index (χ0v) is 24.0. The molecule has 220 valence electrons. The van der Waals surface area contributed by atoms with E-state index < -0.39 is 6.04 Å². The van der Waals surface area contributed by atoms with Crippen LogP contribution >= 0.6 is 0 Å². The number of likely N-dealkylation sites (tertiary alicyclic amines) is 1. The molecule has 8 nitrogen and oxygen atoms in total. The Hall–Kier alpha value is -4.27. The van der Waals surface area contributed by atoms with Gasteiger partial charge in [0.05, 0.1) is 31.1 Å². The Morgan fingerprint density at radius 1 is 0.837 bits per heavy atom. The minimum atomic E-state index is -0.710. The van der Waals surface area contributed by atoms with Crippen LogP contribution in [-0.4, -0.2) is 46.4 Å². The monoisotopic (exact) mass is 576 g/mol. The lowest BCUT2D eigenvalue weighted by Crippen LogP contribution is -2.43. The number of rotatable bonds is 8. The number of nitrogens with one attached hydrogen (secondary N) is 2. The van der Waals surface area contributed by atoms with E-state index in [2.05, 4.69) is 51.7 Å². The van der Waals surface area contributed by atoms with Gasteiger partial charge >= 0.3 is 0 Å². The number of aromatic amines is 1. The van der Waals surface area contributed by atoms with Gasteiger partial charge in [0, 0.05) is 12.5 Å². The first-order valence-corrected chi connectivity index (χ1v) is 15.2. The fourth-order valence-electron chi connectivity index (χ4n) is 6.10. The van der Waals surface area contributed by atoms with Crippen LogP contribution in [0.4, 0.5) is 0 Å². The number of carbonyl (C=O) groups excluding carboxylic acids is 2. The first-order valence-electron chi connectivity index (χ1n) is 15.2. The molecule has 4 atom stereocenters. The maximum atomic E-state index is 13.9. The Bertz CT molecular complexity index is 1540. The summed E-state index contributed by atoms with van der Waals surface area (Å²) in [5.74, 6) is 0.618. The first-order chi connectivity index (χ1) is 21.1. The van der Waals surface area contributed by atoms with Gasteiger partial charge in [-0.25, -0.2) is 4.98 Å². The maximum absolute atomic E-state index is 13.9. The van der Waals surface area contributed by atoms with Crippen LogP contribution in [0.25, 0.3) is 11.1 Å². The zero-order chi connectivity index (χ0) is 29.2. The topological polar surface area (TPSA) is 96.6 Å². The van der Waals surface area contributed by atoms with Crippen molar-refractivity contribution in [3.63, 3.8) is 0 Å². The summed E-state index contributed by atoms with van der Waals surface area (Å²) < 4.78 is 12.5. The third-order valence-corrected chi connectivity index (χ3v) is 8.72. The molecule has 2 saturated heterocycles.